The SMILES string of the molecule is CN=C(NCCS(=O)(=O)c1ccc(Br)cc1)NCC(C)c1ccccc1. The fraction of sp³-hybridized carbons (Fsp3) is 0.316. The molecule has 5 nitrogen and oxygen atoms in total. The smallest absolute Gasteiger partial charge is 0.191 e. The Morgan fingerprint density at radius 2 is 1.73 bits per heavy atom. The molecular weight excluding hydrogens is 414 g/mol. The molecule has 26 heavy (non-hydrogen) atoms. The number of hydrogen-bond acceptors (Lipinski definition) is 3. The van der Waals surface area contributed by atoms with Crippen molar-refractivity contribution < 1.29 is 8.42 Å². The summed E-state index contributed by atoms with van der Waals surface area (Å²) in [7, 11) is -1.65. The summed E-state index contributed by atoms with van der Waals surface area (Å²) >= 11 is 3.31. The molecule has 1 atom stereocenters. The third-order valence-corrected chi connectivity index (χ3v) is 6.26. The van der Waals surface area contributed by atoms with E-state index >= 15 is 0 Å². The fourth-order valence-electron chi connectivity index (χ4n) is 2.43. The van der Waals surface area contributed by atoms with Crippen LogP contribution in [0.5, 0.6) is 0 Å². The average molecular weight is 438 g/mol. The van der Waals surface area contributed by atoms with Crippen molar-refractivity contribution in [3.8, 4) is 0 Å². The van der Waals surface area contributed by atoms with Gasteiger partial charge in [-0.1, -0.05) is 53.2 Å². The Morgan fingerprint density at radius 1 is 1.08 bits per heavy atom. The molecule has 0 spiro atoms. The molecule has 0 saturated carbocycles. The second kappa shape index (κ2) is 9.73. The number of rotatable bonds is 7. The van der Waals surface area contributed by atoms with E-state index in [1.54, 1.807) is 31.3 Å². The van der Waals surface area contributed by atoms with E-state index in [0.29, 0.717) is 23.3 Å². The van der Waals surface area contributed by atoms with Gasteiger partial charge in [0.15, 0.2) is 15.8 Å². The van der Waals surface area contributed by atoms with Crippen LogP contribution >= 0.6 is 15.9 Å². The number of sulfone groups is 1. The molecule has 2 aromatic rings. The number of nitrogens with zero attached hydrogens (tertiary/aromatic N) is 1. The summed E-state index contributed by atoms with van der Waals surface area (Å²) < 4.78 is 25.6. The first-order chi connectivity index (χ1) is 12.4. The molecule has 2 rings (SSSR count). The third kappa shape index (κ3) is 6.14. The maximum absolute atomic E-state index is 12.3. The summed E-state index contributed by atoms with van der Waals surface area (Å²) in [6, 6.07) is 16.9. The highest BCUT2D eigenvalue weighted by Crippen LogP contribution is 2.15. The van der Waals surface area contributed by atoms with Gasteiger partial charge in [-0.2, -0.15) is 0 Å². The van der Waals surface area contributed by atoms with Gasteiger partial charge >= 0.3 is 0 Å². The lowest BCUT2D eigenvalue weighted by Crippen LogP contribution is -2.41. The molecular formula is C19H24BrN3O2S. The van der Waals surface area contributed by atoms with Gasteiger partial charge < -0.3 is 10.6 Å². The van der Waals surface area contributed by atoms with Crippen LogP contribution in [0, 0.1) is 0 Å². The molecule has 7 heteroatoms. The van der Waals surface area contributed by atoms with Gasteiger partial charge in [0, 0.05) is 24.6 Å². The van der Waals surface area contributed by atoms with Crippen molar-refractivity contribution in [3.63, 3.8) is 0 Å². The van der Waals surface area contributed by atoms with Gasteiger partial charge in [-0.3, -0.25) is 4.99 Å². The van der Waals surface area contributed by atoms with Gasteiger partial charge in [-0.05, 0) is 35.7 Å². The average Bonchev–Trinajstić information content (AvgIpc) is 2.65. The van der Waals surface area contributed by atoms with Gasteiger partial charge in [0.2, 0.25) is 0 Å². The van der Waals surface area contributed by atoms with Gasteiger partial charge in [-0.15, -0.1) is 0 Å². The minimum absolute atomic E-state index is 0.00354. The molecule has 0 radical (unpaired) electrons. The molecule has 2 aromatic carbocycles. The van der Waals surface area contributed by atoms with Crippen LogP contribution in [0.4, 0.5) is 0 Å². The van der Waals surface area contributed by atoms with Crippen molar-refractivity contribution in [1.29, 1.82) is 0 Å². The quantitative estimate of drug-likeness (QED) is 0.515. The van der Waals surface area contributed by atoms with E-state index in [1.165, 1.54) is 5.56 Å². The maximum Gasteiger partial charge on any atom is 0.191 e. The molecule has 0 aliphatic carbocycles. The summed E-state index contributed by atoms with van der Waals surface area (Å²) in [5, 5.41) is 6.30. The van der Waals surface area contributed by atoms with Crippen LogP contribution in [0.2, 0.25) is 0 Å². The van der Waals surface area contributed by atoms with E-state index in [2.05, 4.69) is 50.6 Å². The predicted molar refractivity (Wildman–Crippen MR) is 110 cm³/mol. The van der Waals surface area contributed by atoms with Gasteiger partial charge in [0.1, 0.15) is 0 Å². The molecule has 0 aromatic heterocycles. The number of benzene rings is 2. The zero-order chi connectivity index (χ0) is 19.0. The van der Waals surface area contributed by atoms with Crippen LogP contribution in [0.1, 0.15) is 18.4 Å². The van der Waals surface area contributed by atoms with Crippen molar-refractivity contribution >= 4 is 31.7 Å². The summed E-state index contributed by atoms with van der Waals surface area (Å²) in [4.78, 5) is 4.47. The standard InChI is InChI=1S/C19H24BrN3O2S/c1-15(16-6-4-3-5-7-16)14-23-19(21-2)22-12-13-26(24,25)18-10-8-17(20)9-11-18/h3-11,15H,12-14H2,1-2H3,(H2,21,22,23). The molecule has 1 unspecified atom stereocenters. The van der Waals surface area contributed by atoms with E-state index in [9.17, 15) is 8.42 Å². The van der Waals surface area contributed by atoms with E-state index < -0.39 is 9.84 Å². The fourth-order valence-corrected chi connectivity index (χ4v) is 3.85. The number of guanidine groups is 1. The Hall–Kier alpha value is -1.86. The van der Waals surface area contributed by atoms with E-state index in [4.69, 9.17) is 0 Å². The van der Waals surface area contributed by atoms with Crippen molar-refractivity contribution in [1.82, 2.24) is 10.6 Å². The lowest BCUT2D eigenvalue weighted by atomic mass is 10.0. The second-order valence-corrected chi connectivity index (χ2v) is 8.99. The molecule has 0 amide bonds. The monoisotopic (exact) mass is 437 g/mol. The Morgan fingerprint density at radius 3 is 2.35 bits per heavy atom. The molecule has 140 valence electrons. The van der Waals surface area contributed by atoms with Crippen molar-refractivity contribution in [3.05, 3.63) is 64.6 Å². The van der Waals surface area contributed by atoms with Gasteiger partial charge in [0.05, 0.1) is 10.6 Å². The molecule has 0 heterocycles. The molecule has 0 saturated heterocycles. The van der Waals surface area contributed by atoms with Crippen LogP contribution in [0.15, 0.2) is 69.0 Å². The largest absolute Gasteiger partial charge is 0.356 e. The number of nitrogens with one attached hydrogen (secondary N) is 2. The van der Waals surface area contributed by atoms with E-state index in [0.717, 1.165) is 4.47 Å². The summed E-state index contributed by atoms with van der Waals surface area (Å²) in [6.07, 6.45) is 0. The highest BCUT2D eigenvalue weighted by molar-refractivity contribution is 9.10. The highest BCUT2D eigenvalue weighted by atomic mass is 79.9. The summed E-state index contributed by atoms with van der Waals surface area (Å²) in [6.45, 7) is 3.13. The van der Waals surface area contributed by atoms with Crippen LogP contribution in [-0.2, 0) is 9.84 Å². The first kappa shape index (κ1) is 20.5. The second-order valence-electron chi connectivity index (χ2n) is 5.96. The summed E-state index contributed by atoms with van der Waals surface area (Å²) in [5.41, 5.74) is 1.24. The normalized spacial score (nSPS) is 13.3. The Balaban J connectivity index is 1.82. The molecule has 0 fully saturated rings. The van der Waals surface area contributed by atoms with Gasteiger partial charge in [-0.25, -0.2) is 8.42 Å². The van der Waals surface area contributed by atoms with Crippen molar-refractivity contribution in [2.45, 2.75) is 17.7 Å². The topological polar surface area (TPSA) is 70.6 Å². The zero-order valence-electron chi connectivity index (χ0n) is 14.9. The third-order valence-electron chi connectivity index (χ3n) is 4.00. The summed E-state index contributed by atoms with van der Waals surface area (Å²) in [5.74, 6) is 0.920. The van der Waals surface area contributed by atoms with Crippen molar-refractivity contribution in [2.75, 3.05) is 25.9 Å². The van der Waals surface area contributed by atoms with Crippen LogP contribution in [0.3, 0.4) is 0 Å². The molecule has 0 aliphatic heterocycles. The lowest BCUT2D eigenvalue weighted by molar-refractivity contribution is 0.594. The van der Waals surface area contributed by atoms with E-state index in [-0.39, 0.29) is 12.3 Å². The number of hydrogen-bond donors (Lipinski definition) is 2. The minimum Gasteiger partial charge on any atom is -0.356 e. The number of halogens is 1. The van der Waals surface area contributed by atoms with Crippen LogP contribution < -0.4 is 10.6 Å². The first-order valence-corrected chi connectivity index (χ1v) is 10.8. The first-order valence-electron chi connectivity index (χ1n) is 8.40. The lowest BCUT2D eigenvalue weighted by Gasteiger charge is -2.16. The predicted octanol–water partition coefficient (Wildman–Crippen LogP) is 3.19. The Kier molecular flexibility index (Phi) is 7.66. The zero-order valence-corrected chi connectivity index (χ0v) is 17.3. The minimum atomic E-state index is -3.32. The van der Waals surface area contributed by atoms with Crippen molar-refractivity contribution in [2.24, 2.45) is 4.99 Å². The van der Waals surface area contributed by atoms with Crippen LogP contribution in [-0.4, -0.2) is 40.3 Å². The van der Waals surface area contributed by atoms with E-state index in [1.807, 2.05) is 18.2 Å². The van der Waals surface area contributed by atoms with Gasteiger partial charge in [0.25, 0.3) is 0 Å². The molecule has 2 N–H and O–H groups in total. The Bertz CT molecular complexity index is 822. The Labute approximate surface area is 164 Å². The number of aliphatic imine (C=N–C) groups is 1. The van der Waals surface area contributed by atoms with Crippen LogP contribution in [0.25, 0.3) is 0 Å². The molecule has 0 aliphatic rings. The highest BCUT2D eigenvalue weighted by Gasteiger charge is 2.14. The maximum atomic E-state index is 12.3. The molecule has 0 bridgehead atoms.